The highest BCUT2D eigenvalue weighted by molar-refractivity contribution is 7.92. The Morgan fingerprint density at radius 2 is 1.64 bits per heavy atom. The van der Waals surface area contributed by atoms with Crippen LogP contribution in [-0.4, -0.2) is 28.0 Å². The first-order chi connectivity index (χ1) is 11.8. The van der Waals surface area contributed by atoms with E-state index in [-0.39, 0.29) is 4.90 Å². The fourth-order valence-corrected chi connectivity index (χ4v) is 3.79. The SMILES string of the molecule is COC(=O)CN(c1ccc(C(C)C)cc1)S(=O)(=O)c1ccc(Cl)cc1. The summed E-state index contributed by atoms with van der Waals surface area (Å²) in [5.41, 5.74) is 1.47. The minimum atomic E-state index is -3.94. The lowest BCUT2D eigenvalue weighted by Gasteiger charge is -2.24. The number of benzene rings is 2. The number of carbonyl (C=O) groups is 1. The fourth-order valence-electron chi connectivity index (χ4n) is 2.26. The Kier molecular flexibility index (Phi) is 6.08. The van der Waals surface area contributed by atoms with Crippen LogP contribution in [0.3, 0.4) is 0 Å². The van der Waals surface area contributed by atoms with E-state index in [1.807, 2.05) is 26.0 Å². The number of anilines is 1. The van der Waals surface area contributed by atoms with Crippen LogP contribution in [0, 0.1) is 0 Å². The Labute approximate surface area is 153 Å². The normalized spacial score (nSPS) is 11.4. The second-order valence-corrected chi connectivity index (χ2v) is 8.09. The summed E-state index contributed by atoms with van der Waals surface area (Å²) < 4.78 is 31.7. The van der Waals surface area contributed by atoms with Gasteiger partial charge in [0, 0.05) is 5.02 Å². The van der Waals surface area contributed by atoms with Crippen LogP contribution in [0.2, 0.25) is 5.02 Å². The van der Waals surface area contributed by atoms with Gasteiger partial charge in [-0.05, 0) is 47.9 Å². The molecule has 2 rings (SSSR count). The molecule has 0 N–H and O–H groups in total. The van der Waals surface area contributed by atoms with Crippen molar-refractivity contribution in [1.82, 2.24) is 0 Å². The van der Waals surface area contributed by atoms with E-state index in [0.717, 1.165) is 9.87 Å². The highest BCUT2D eigenvalue weighted by Gasteiger charge is 2.27. The van der Waals surface area contributed by atoms with Gasteiger partial charge >= 0.3 is 5.97 Å². The Morgan fingerprint density at radius 1 is 1.08 bits per heavy atom. The summed E-state index contributed by atoms with van der Waals surface area (Å²) in [6.45, 7) is 3.68. The second kappa shape index (κ2) is 7.89. The van der Waals surface area contributed by atoms with Crippen molar-refractivity contribution in [3.63, 3.8) is 0 Å². The van der Waals surface area contributed by atoms with Gasteiger partial charge in [0.15, 0.2) is 0 Å². The molecule has 0 aliphatic heterocycles. The van der Waals surface area contributed by atoms with Gasteiger partial charge in [0.05, 0.1) is 17.7 Å². The standard InChI is InChI=1S/C18H20ClNO4S/c1-13(2)14-4-8-16(9-5-14)20(12-18(21)24-3)25(22,23)17-10-6-15(19)7-11-17/h4-11,13H,12H2,1-3H3. The molecular formula is C18H20ClNO4S. The highest BCUT2D eigenvalue weighted by atomic mass is 35.5. The maximum absolute atomic E-state index is 13.0. The van der Waals surface area contributed by atoms with Crippen LogP contribution in [0.4, 0.5) is 5.69 Å². The van der Waals surface area contributed by atoms with Crippen LogP contribution in [-0.2, 0) is 19.6 Å². The number of halogens is 1. The molecule has 0 amide bonds. The summed E-state index contributed by atoms with van der Waals surface area (Å²) in [7, 11) is -2.72. The van der Waals surface area contributed by atoms with Crippen molar-refractivity contribution in [1.29, 1.82) is 0 Å². The number of carbonyl (C=O) groups excluding carboxylic acids is 1. The van der Waals surface area contributed by atoms with E-state index in [9.17, 15) is 13.2 Å². The van der Waals surface area contributed by atoms with Gasteiger partial charge in [0.2, 0.25) is 0 Å². The van der Waals surface area contributed by atoms with Gasteiger partial charge in [-0.1, -0.05) is 37.6 Å². The Bertz CT molecular complexity index is 830. The summed E-state index contributed by atoms with van der Waals surface area (Å²) in [4.78, 5) is 11.8. The molecule has 25 heavy (non-hydrogen) atoms. The number of nitrogens with zero attached hydrogens (tertiary/aromatic N) is 1. The third-order valence-corrected chi connectivity index (χ3v) is 5.79. The van der Waals surface area contributed by atoms with Gasteiger partial charge in [-0.25, -0.2) is 8.42 Å². The van der Waals surface area contributed by atoms with Crippen molar-refractivity contribution in [2.45, 2.75) is 24.7 Å². The molecule has 0 heterocycles. The summed E-state index contributed by atoms with van der Waals surface area (Å²) in [5, 5.41) is 0.430. The number of sulfonamides is 1. The average Bonchev–Trinajstić information content (AvgIpc) is 2.59. The lowest BCUT2D eigenvalue weighted by Crippen LogP contribution is -2.36. The number of methoxy groups -OCH3 is 1. The Hall–Kier alpha value is -2.05. The first-order valence-corrected chi connectivity index (χ1v) is 9.52. The summed E-state index contributed by atoms with van der Waals surface area (Å²) >= 11 is 5.83. The lowest BCUT2D eigenvalue weighted by atomic mass is 10.0. The largest absolute Gasteiger partial charge is 0.468 e. The van der Waals surface area contributed by atoms with E-state index in [1.165, 1.54) is 31.4 Å². The van der Waals surface area contributed by atoms with Crippen LogP contribution in [0.15, 0.2) is 53.4 Å². The quantitative estimate of drug-likeness (QED) is 0.713. The number of rotatable bonds is 6. The van der Waals surface area contributed by atoms with E-state index < -0.39 is 22.5 Å². The molecule has 0 bridgehead atoms. The summed E-state index contributed by atoms with van der Waals surface area (Å²) in [6, 6.07) is 12.9. The van der Waals surface area contributed by atoms with Crippen molar-refractivity contribution in [3.05, 3.63) is 59.1 Å². The molecule has 0 aromatic heterocycles. The molecule has 0 saturated heterocycles. The second-order valence-electron chi connectivity index (χ2n) is 5.79. The molecule has 2 aromatic carbocycles. The lowest BCUT2D eigenvalue weighted by molar-refractivity contribution is -0.138. The van der Waals surface area contributed by atoms with E-state index in [4.69, 9.17) is 11.6 Å². The smallest absolute Gasteiger partial charge is 0.326 e. The summed E-state index contributed by atoms with van der Waals surface area (Å²) in [5.74, 6) is -0.332. The van der Waals surface area contributed by atoms with Crippen LogP contribution in [0.1, 0.15) is 25.3 Å². The molecule has 7 heteroatoms. The molecule has 0 aliphatic carbocycles. The first kappa shape index (κ1) is 19.3. The maximum Gasteiger partial charge on any atom is 0.326 e. The Balaban J connectivity index is 2.48. The van der Waals surface area contributed by atoms with Gasteiger partial charge < -0.3 is 4.74 Å². The van der Waals surface area contributed by atoms with Crippen molar-refractivity contribution in [3.8, 4) is 0 Å². The zero-order chi connectivity index (χ0) is 18.6. The van der Waals surface area contributed by atoms with E-state index in [2.05, 4.69) is 4.74 Å². The molecule has 2 aromatic rings. The highest BCUT2D eigenvalue weighted by Crippen LogP contribution is 2.26. The molecule has 0 unspecified atom stereocenters. The Morgan fingerprint density at radius 3 is 2.12 bits per heavy atom. The molecule has 5 nitrogen and oxygen atoms in total. The minimum absolute atomic E-state index is 0.0498. The molecular weight excluding hydrogens is 362 g/mol. The third kappa shape index (κ3) is 4.52. The molecule has 0 aliphatic rings. The fraction of sp³-hybridized carbons (Fsp3) is 0.278. The molecule has 0 fully saturated rings. The van der Waals surface area contributed by atoms with E-state index in [0.29, 0.717) is 16.6 Å². The van der Waals surface area contributed by atoms with Gasteiger partial charge in [0.25, 0.3) is 10.0 Å². The molecule has 0 saturated carbocycles. The zero-order valence-electron chi connectivity index (χ0n) is 14.3. The molecule has 134 valence electrons. The number of esters is 1. The van der Waals surface area contributed by atoms with Gasteiger partial charge in [-0.2, -0.15) is 0 Å². The van der Waals surface area contributed by atoms with Crippen LogP contribution in [0.5, 0.6) is 0 Å². The van der Waals surface area contributed by atoms with E-state index in [1.54, 1.807) is 12.1 Å². The van der Waals surface area contributed by atoms with Gasteiger partial charge in [-0.15, -0.1) is 0 Å². The van der Waals surface area contributed by atoms with Gasteiger partial charge in [0.1, 0.15) is 6.54 Å². The van der Waals surface area contributed by atoms with Crippen LogP contribution in [0.25, 0.3) is 0 Å². The number of hydrogen-bond donors (Lipinski definition) is 0. The van der Waals surface area contributed by atoms with Crippen LogP contribution >= 0.6 is 11.6 Å². The van der Waals surface area contributed by atoms with Crippen molar-refractivity contribution in [2.75, 3.05) is 18.0 Å². The molecule has 0 radical (unpaired) electrons. The first-order valence-electron chi connectivity index (χ1n) is 7.71. The van der Waals surface area contributed by atoms with E-state index >= 15 is 0 Å². The number of hydrogen-bond acceptors (Lipinski definition) is 4. The van der Waals surface area contributed by atoms with Crippen molar-refractivity contribution in [2.24, 2.45) is 0 Å². The van der Waals surface area contributed by atoms with Gasteiger partial charge in [-0.3, -0.25) is 9.10 Å². The molecule has 0 spiro atoms. The van der Waals surface area contributed by atoms with Crippen molar-refractivity contribution >= 4 is 33.3 Å². The monoisotopic (exact) mass is 381 g/mol. The maximum atomic E-state index is 13.0. The predicted molar refractivity (Wildman–Crippen MR) is 98.5 cm³/mol. The predicted octanol–water partition coefficient (Wildman–Crippen LogP) is 3.83. The van der Waals surface area contributed by atoms with Crippen molar-refractivity contribution < 1.29 is 17.9 Å². The topological polar surface area (TPSA) is 63.7 Å². The molecule has 0 atom stereocenters. The minimum Gasteiger partial charge on any atom is -0.468 e. The average molecular weight is 382 g/mol. The van der Waals surface area contributed by atoms with Crippen LogP contribution < -0.4 is 4.31 Å². The zero-order valence-corrected chi connectivity index (χ0v) is 15.8. The third-order valence-electron chi connectivity index (χ3n) is 3.75. The summed E-state index contributed by atoms with van der Waals surface area (Å²) in [6.07, 6.45) is 0. The number of ether oxygens (including phenoxy) is 1.